The molecule has 1 aliphatic rings. The van der Waals surface area contributed by atoms with Gasteiger partial charge in [0.05, 0.1) is 12.0 Å². The van der Waals surface area contributed by atoms with Crippen molar-refractivity contribution >= 4 is 11.9 Å². The highest BCUT2D eigenvalue weighted by molar-refractivity contribution is 5.57. The SMILES string of the molecule is Cn1cncc1CC1(N)C=Cc2nc(N)ccc2C1. The molecule has 0 amide bonds. The quantitative estimate of drug-likeness (QED) is 0.835. The van der Waals surface area contributed by atoms with Crippen LogP contribution in [0.2, 0.25) is 0 Å². The zero-order valence-corrected chi connectivity index (χ0v) is 10.9. The smallest absolute Gasteiger partial charge is 0.124 e. The van der Waals surface area contributed by atoms with Gasteiger partial charge in [-0.2, -0.15) is 0 Å². The number of hydrogen-bond donors (Lipinski definition) is 2. The number of anilines is 1. The molecule has 0 aliphatic heterocycles. The molecule has 3 rings (SSSR count). The average molecular weight is 255 g/mol. The van der Waals surface area contributed by atoms with E-state index in [4.69, 9.17) is 11.5 Å². The molecule has 0 saturated carbocycles. The number of nitrogens with two attached hydrogens (primary N) is 2. The first-order valence-corrected chi connectivity index (χ1v) is 6.24. The predicted molar refractivity (Wildman–Crippen MR) is 75.2 cm³/mol. The monoisotopic (exact) mass is 255 g/mol. The Labute approximate surface area is 112 Å². The molecule has 0 bridgehead atoms. The topological polar surface area (TPSA) is 82.8 Å². The van der Waals surface area contributed by atoms with Gasteiger partial charge in [0.2, 0.25) is 0 Å². The van der Waals surface area contributed by atoms with Gasteiger partial charge in [-0.3, -0.25) is 0 Å². The molecule has 1 aliphatic carbocycles. The third-order valence-electron chi connectivity index (χ3n) is 3.55. The molecule has 5 nitrogen and oxygen atoms in total. The first-order valence-electron chi connectivity index (χ1n) is 6.24. The summed E-state index contributed by atoms with van der Waals surface area (Å²) >= 11 is 0. The maximum absolute atomic E-state index is 6.49. The first-order chi connectivity index (χ1) is 9.06. The number of rotatable bonds is 2. The van der Waals surface area contributed by atoms with E-state index in [1.165, 1.54) is 0 Å². The molecule has 2 aromatic rings. The number of fused-ring (bicyclic) bond motifs is 1. The second-order valence-corrected chi connectivity index (χ2v) is 5.20. The van der Waals surface area contributed by atoms with E-state index in [0.717, 1.165) is 29.8 Å². The van der Waals surface area contributed by atoms with Gasteiger partial charge in [0.1, 0.15) is 5.82 Å². The van der Waals surface area contributed by atoms with E-state index < -0.39 is 5.54 Å². The van der Waals surface area contributed by atoms with Gasteiger partial charge in [-0.1, -0.05) is 12.1 Å². The van der Waals surface area contributed by atoms with Crippen molar-refractivity contribution in [2.24, 2.45) is 12.8 Å². The van der Waals surface area contributed by atoms with Crippen LogP contribution >= 0.6 is 0 Å². The summed E-state index contributed by atoms with van der Waals surface area (Å²) in [6.45, 7) is 0. The van der Waals surface area contributed by atoms with Crippen LogP contribution in [0.15, 0.2) is 30.7 Å². The summed E-state index contributed by atoms with van der Waals surface area (Å²) in [5.41, 5.74) is 15.0. The zero-order valence-electron chi connectivity index (χ0n) is 10.9. The predicted octanol–water partition coefficient (Wildman–Crippen LogP) is 0.907. The average Bonchev–Trinajstić information content (AvgIpc) is 2.75. The lowest BCUT2D eigenvalue weighted by Crippen LogP contribution is -2.44. The molecule has 1 unspecified atom stereocenters. The third kappa shape index (κ3) is 2.24. The third-order valence-corrected chi connectivity index (χ3v) is 3.55. The van der Waals surface area contributed by atoms with Crippen LogP contribution in [-0.2, 0) is 19.9 Å². The lowest BCUT2D eigenvalue weighted by atomic mass is 9.83. The van der Waals surface area contributed by atoms with E-state index in [-0.39, 0.29) is 0 Å². The van der Waals surface area contributed by atoms with E-state index in [0.29, 0.717) is 5.82 Å². The van der Waals surface area contributed by atoms with Crippen molar-refractivity contribution in [3.05, 3.63) is 47.7 Å². The van der Waals surface area contributed by atoms with Crippen LogP contribution in [0.4, 0.5) is 5.82 Å². The van der Waals surface area contributed by atoms with Crippen LogP contribution in [0.1, 0.15) is 17.0 Å². The van der Waals surface area contributed by atoms with Gasteiger partial charge >= 0.3 is 0 Å². The summed E-state index contributed by atoms with van der Waals surface area (Å²) in [4.78, 5) is 8.44. The highest BCUT2D eigenvalue weighted by atomic mass is 15.0. The molecule has 98 valence electrons. The highest BCUT2D eigenvalue weighted by Gasteiger charge is 2.28. The first kappa shape index (κ1) is 11.9. The zero-order chi connectivity index (χ0) is 13.5. The van der Waals surface area contributed by atoms with Crippen LogP contribution in [-0.4, -0.2) is 20.1 Å². The van der Waals surface area contributed by atoms with Gasteiger partial charge in [-0.05, 0) is 24.1 Å². The summed E-state index contributed by atoms with van der Waals surface area (Å²) in [5, 5.41) is 0. The van der Waals surface area contributed by atoms with Crippen molar-refractivity contribution in [3.63, 3.8) is 0 Å². The standard InChI is InChI=1S/C14H17N5/c1-19-9-17-8-11(19)7-14(16)5-4-12-10(6-14)2-3-13(15)18-12/h2-5,8-9H,6-7,16H2,1H3,(H2,15,18). The number of hydrogen-bond acceptors (Lipinski definition) is 4. The Kier molecular flexibility index (Phi) is 2.64. The van der Waals surface area contributed by atoms with Gasteiger partial charge in [-0.25, -0.2) is 9.97 Å². The van der Waals surface area contributed by atoms with Crippen molar-refractivity contribution < 1.29 is 0 Å². The second kappa shape index (κ2) is 4.20. The number of nitrogens with zero attached hydrogens (tertiary/aromatic N) is 3. The Morgan fingerprint density at radius 2 is 2.26 bits per heavy atom. The van der Waals surface area contributed by atoms with Crippen molar-refractivity contribution in [2.75, 3.05) is 5.73 Å². The minimum absolute atomic E-state index is 0.390. The summed E-state index contributed by atoms with van der Waals surface area (Å²) in [6, 6.07) is 3.83. The van der Waals surface area contributed by atoms with E-state index in [1.807, 2.05) is 42.1 Å². The number of aromatic nitrogens is 3. The number of imidazole rings is 1. The van der Waals surface area contributed by atoms with Crippen LogP contribution < -0.4 is 11.5 Å². The molecule has 5 heteroatoms. The van der Waals surface area contributed by atoms with E-state index >= 15 is 0 Å². The Balaban J connectivity index is 1.89. The largest absolute Gasteiger partial charge is 0.384 e. The molecule has 0 aromatic carbocycles. The maximum atomic E-state index is 6.49. The van der Waals surface area contributed by atoms with Gasteiger partial charge in [0.25, 0.3) is 0 Å². The van der Waals surface area contributed by atoms with Crippen molar-refractivity contribution in [1.29, 1.82) is 0 Å². The molecular weight excluding hydrogens is 238 g/mol. The molecule has 0 radical (unpaired) electrons. The normalized spacial score (nSPS) is 21.4. The van der Waals surface area contributed by atoms with Gasteiger partial charge < -0.3 is 16.0 Å². The minimum atomic E-state index is -0.390. The van der Waals surface area contributed by atoms with Gasteiger partial charge in [0, 0.05) is 30.9 Å². The fourth-order valence-electron chi connectivity index (χ4n) is 2.49. The molecule has 2 aromatic heterocycles. The molecule has 0 saturated heterocycles. The molecular formula is C14H17N5. The lowest BCUT2D eigenvalue weighted by molar-refractivity contribution is 0.503. The second-order valence-electron chi connectivity index (χ2n) is 5.20. The number of nitrogen functional groups attached to an aromatic ring is 1. The van der Waals surface area contributed by atoms with E-state index in [2.05, 4.69) is 9.97 Å². The maximum Gasteiger partial charge on any atom is 0.124 e. The fourth-order valence-corrected chi connectivity index (χ4v) is 2.49. The van der Waals surface area contributed by atoms with E-state index in [1.54, 1.807) is 6.33 Å². The Morgan fingerprint density at radius 1 is 1.42 bits per heavy atom. The lowest BCUT2D eigenvalue weighted by Gasteiger charge is -2.30. The summed E-state index contributed by atoms with van der Waals surface area (Å²) in [7, 11) is 1.98. The fraction of sp³-hybridized carbons (Fsp3) is 0.286. The molecule has 1 atom stereocenters. The number of aryl methyl sites for hydroxylation is 1. The molecule has 4 N–H and O–H groups in total. The van der Waals surface area contributed by atoms with Gasteiger partial charge in [-0.15, -0.1) is 0 Å². The van der Waals surface area contributed by atoms with Crippen LogP contribution in [0.5, 0.6) is 0 Å². The van der Waals surface area contributed by atoms with Crippen molar-refractivity contribution in [1.82, 2.24) is 14.5 Å². The Morgan fingerprint density at radius 3 is 3.00 bits per heavy atom. The summed E-state index contributed by atoms with van der Waals surface area (Å²) in [5.74, 6) is 0.541. The van der Waals surface area contributed by atoms with Crippen molar-refractivity contribution in [3.8, 4) is 0 Å². The highest BCUT2D eigenvalue weighted by Crippen LogP contribution is 2.26. The molecule has 0 fully saturated rings. The van der Waals surface area contributed by atoms with Crippen LogP contribution in [0, 0.1) is 0 Å². The minimum Gasteiger partial charge on any atom is -0.384 e. The van der Waals surface area contributed by atoms with Crippen molar-refractivity contribution in [2.45, 2.75) is 18.4 Å². The Hall–Kier alpha value is -2.14. The molecule has 19 heavy (non-hydrogen) atoms. The van der Waals surface area contributed by atoms with Crippen LogP contribution in [0.3, 0.4) is 0 Å². The summed E-state index contributed by atoms with van der Waals surface area (Å²) < 4.78 is 2.00. The molecule has 0 spiro atoms. The Bertz CT molecular complexity index is 643. The number of pyridine rings is 1. The van der Waals surface area contributed by atoms with Crippen LogP contribution in [0.25, 0.3) is 6.08 Å². The summed E-state index contributed by atoms with van der Waals surface area (Å²) in [6.07, 6.45) is 9.15. The van der Waals surface area contributed by atoms with Gasteiger partial charge in [0.15, 0.2) is 0 Å². The molecule has 2 heterocycles. The van der Waals surface area contributed by atoms with E-state index in [9.17, 15) is 0 Å².